The highest BCUT2D eigenvalue weighted by molar-refractivity contribution is 9.11. The number of epoxide rings is 1. The third kappa shape index (κ3) is 0.663. The van der Waals surface area contributed by atoms with E-state index in [1.807, 2.05) is 6.08 Å². The molecule has 10 heavy (non-hydrogen) atoms. The van der Waals surface area contributed by atoms with Crippen LogP contribution in [0.15, 0.2) is 22.7 Å². The predicted octanol–water partition coefficient (Wildman–Crippen LogP) is 2.38. The van der Waals surface area contributed by atoms with Crippen LogP contribution in [-0.4, -0.2) is 11.2 Å². The van der Waals surface area contributed by atoms with Crippen LogP contribution in [0.1, 0.15) is 13.8 Å². The maximum Gasteiger partial charge on any atom is 0.118 e. The van der Waals surface area contributed by atoms with E-state index < -0.39 is 0 Å². The van der Waals surface area contributed by atoms with Crippen LogP contribution >= 0.6 is 15.9 Å². The van der Waals surface area contributed by atoms with Crippen molar-refractivity contribution in [2.75, 3.05) is 0 Å². The molecule has 0 radical (unpaired) electrons. The Morgan fingerprint density at radius 1 is 1.40 bits per heavy atom. The molecule has 2 aliphatic rings. The van der Waals surface area contributed by atoms with Gasteiger partial charge in [0, 0.05) is 4.48 Å². The van der Waals surface area contributed by atoms with Gasteiger partial charge in [0.15, 0.2) is 0 Å². The Morgan fingerprint density at radius 2 is 2.10 bits per heavy atom. The molecule has 0 spiro atoms. The van der Waals surface area contributed by atoms with Gasteiger partial charge in [0.2, 0.25) is 0 Å². The Kier molecular flexibility index (Phi) is 1.03. The first-order chi connectivity index (χ1) is 4.56. The summed E-state index contributed by atoms with van der Waals surface area (Å²) in [5.74, 6) is 0. The molecule has 0 bridgehead atoms. The van der Waals surface area contributed by atoms with Gasteiger partial charge < -0.3 is 4.74 Å². The minimum Gasteiger partial charge on any atom is -0.354 e. The fraction of sp³-hybridized carbons (Fsp3) is 0.500. The van der Waals surface area contributed by atoms with Crippen molar-refractivity contribution in [2.24, 2.45) is 0 Å². The van der Waals surface area contributed by atoms with Gasteiger partial charge in [0.25, 0.3) is 0 Å². The van der Waals surface area contributed by atoms with Gasteiger partial charge in [-0.3, -0.25) is 0 Å². The minimum absolute atomic E-state index is 0.0235. The molecule has 0 aromatic heterocycles. The Bertz CT molecular complexity index is 244. The van der Waals surface area contributed by atoms with Gasteiger partial charge in [-0.25, -0.2) is 0 Å². The second-order valence-corrected chi connectivity index (χ2v) is 4.09. The highest BCUT2D eigenvalue weighted by Crippen LogP contribution is 2.52. The van der Waals surface area contributed by atoms with Gasteiger partial charge in [-0.1, -0.05) is 15.9 Å². The van der Waals surface area contributed by atoms with Gasteiger partial charge in [-0.15, -0.1) is 0 Å². The molecular formula is C8H9BrO. The molecule has 54 valence electrons. The first-order valence-electron chi connectivity index (χ1n) is 3.34. The number of ether oxygens (including phenoxy) is 1. The number of fused-ring (bicyclic) bond motifs is 1. The van der Waals surface area contributed by atoms with Gasteiger partial charge in [0.05, 0.1) is 0 Å². The molecule has 0 saturated carbocycles. The van der Waals surface area contributed by atoms with E-state index >= 15 is 0 Å². The molecule has 0 aromatic rings. The summed E-state index contributed by atoms with van der Waals surface area (Å²) in [5, 5.41) is 0. The fourth-order valence-corrected chi connectivity index (χ4v) is 1.91. The van der Waals surface area contributed by atoms with Crippen LogP contribution in [0, 0.1) is 0 Å². The van der Waals surface area contributed by atoms with Crippen molar-refractivity contribution in [1.82, 2.24) is 0 Å². The summed E-state index contributed by atoms with van der Waals surface area (Å²) in [7, 11) is 0. The molecular weight excluding hydrogens is 192 g/mol. The first kappa shape index (κ1) is 6.62. The van der Waals surface area contributed by atoms with Crippen LogP contribution in [0.4, 0.5) is 0 Å². The normalized spacial score (nSPS) is 50.1. The lowest BCUT2D eigenvalue weighted by Crippen LogP contribution is -2.17. The molecule has 1 heterocycles. The van der Waals surface area contributed by atoms with Crippen LogP contribution < -0.4 is 0 Å². The molecule has 2 heteroatoms. The summed E-state index contributed by atoms with van der Waals surface area (Å²) in [5.41, 5.74) is -0.0646. The van der Waals surface area contributed by atoms with Gasteiger partial charge in [-0.2, -0.15) is 0 Å². The zero-order valence-corrected chi connectivity index (χ0v) is 7.60. The van der Waals surface area contributed by atoms with Crippen molar-refractivity contribution in [3.05, 3.63) is 22.7 Å². The van der Waals surface area contributed by atoms with Crippen LogP contribution in [0.3, 0.4) is 0 Å². The van der Waals surface area contributed by atoms with Crippen LogP contribution in [0.25, 0.3) is 0 Å². The molecule has 1 fully saturated rings. The summed E-state index contributed by atoms with van der Waals surface area (Å²) in [4.78, 5) is 0. The minimum atomic E-state index is -0.0411. The molecule has 1 nitrogen and oxygen atoms in total. The fourth-order valence-electron chi connectivity index (χ4n) is 1.34. The molecule has 1 aliphatic carbocycles. The van der Waals surface area contributed by atoms with E-state index in [1.54, 1.807) is 0 Å². The Labute approximate surface area is 68.9 Å². The monoisotopic (exact) mass is 200 g/mol. The standard InChI is InChI=1S/C8H9BrO/c1-7-4-3-6(9)5-8(7,2)10-7/h3-5H,1-2H3. The highest BCUT2D eigenvalue weighted by atomic mass is 79.9. The number of rotatable bonds is 0. The molecule has 2 rings (SSSR count). The van der Waals surface area contributed by atoms with E-state index in [0.29, 0.717) is 0 Å². The smallest absolute Gasteiger partial charge is 0.118 e. The van der Waals surface area contributed by atoms with Crippen molar-refractivity contribution in [3.63, 3.8) is 0 Å². The van der Waals surface area contributed by atoms with Gasteiger partial charge in [0.1, 0.15) is 11.2 Å². The summed E-state index contributed by atoms with van der Waals surface area (Å²) >= 11 is 3.41. The highest BCUT2D eigenvalue weighted by Gasteiger charge is 2.61. The molecule has 0 aromatic carbocycles. The maximum absolute atomic E-state index is 5.53. The third-order valence-corrected chi connectivity index (χ3v) is 2.84. The number of hydrogen-bond donors (Lipinski definition) is 0. The topological polar surface area (TPSA) is 12.5 Å². The summed E-state index contributed by atoms with van der Waals surface area (Å²) in [6, 6.07) is 0. The van der Waals surface area contributed by atoms with E-state index in [2.05, 4.69) is 41.9 Å². The molecule has 1 aliphatic heterocycles. The molecule has 0 amide bonds. The lowest BCUT2D eigenvalue weighted by Gasteiger charge is -2.08. The Hall–Kier alpha value is -0.0800. The van der Waals surface area contributed by atoms with Crippen molar-refractivity contribution >= 4 is 15.9 Å². The van der Waals surface area contributed by atoms with Crippen LogP contribution in [0.2, 0.25) is 0 Å². The number of allylic oxidation sites excluding steroid dienone is 2. The summed E-state index contributed by atoms with van der Waals surface area (Å²) in [6.45, 7) is 4.19. The summed E-state index contributed by atoms with van der Waals surface area (Å²) in [6.07, 6.45) is 6.23. The lowest BCUT2D eigenvalue weighted by atomic mass is 9.92. The third-order valence-electron chi connectivity index (χ3n) is 2.34. The maximum atomic E-state index is 5.53. The largest absolute Gasteiger partial charge is 0.354 e. The zero-order valence-electron chi connectivity index (χ0n) is 6.02. The van der Waals surface area contributed by atoms with E-state index in [0.717, 1.165) is 4.48 Å². The number of hydrogen-bond acceptors (Lipinski definition) is 1. The lowest BCUT2D eigenvalue weighted by molar-refractivity contribution is 0.323. The van der Waals surface area contributed by atoms with Gasteiger partial charge in [-0.05, 0) is 32.1 Å². The quantitative estimate of drug-likeness (QED) is 0.548. The molecule has 1 saturated heterocycles. The number of halogens is 1. The average molecular weight is 201 g/mol. The first-order valence-corrected chi connectivity index (χ1v) is 4.13. The predicted molar refractivity (Wildman–Crippen MR) is 44.0 cm³/mol. The molecule has 0 N–H and O–H groups in total. The van der Waals surface area contributed by atoms with Crippen LogP contribution in [-0.2, 0) is 4.74 Å². The second kappa shape index (κ2) is 1.56. The van der Waals surface area contributed by atoms with Crippen molar-refractivity contribution in [3.8, 4) is 0 Å². The average Bonchev–Trinajstić information content (AvgIpc) is 2.33. The van der Waals surface area contributed by atoms with Crippen molar-refractivity contribution in [2.45, 2.75) is 25.0 Å². The van der Waals surface area contributed by atoms with E-state index in [4.69, 9.17) is 4.74 Å². The molecule has 2 atom stereocenters. The SMILES string of the molecule is CC12C=CC(Br)=CC1(C)O2. The second-order valence-electron chi connectivity index (χ2n) is 3.18. The van der Waals surface area contributed by atoms with Crippen LogP contribution in [0.5, 0.6) is 0 Å². The summed E-state index contributed by atoms with van der Waals surface area (Å²) < 4.78 is 6.65. The Balaban J connectivity index is 2.40. The zero-order chi connectivity index (χ0) is 7.41. The Morgan fingerprint density at radius 3 is 2.60 bits per heavy atom. The van der Waals surface area contributed by atoms with Crippen molar-refractivity contribution < 1.29 is 4.74 Å². The molecule has 2 unspecified atom stereocenters. The van der Waals surface area contributed by atoms with E-state index in [9.17, 15) is 0 Å². The van der Waals surface area contributed by atoms with Crippen molar-refractivity contribution in [1.29, 1.82) is 0 Å². The van der Waals surface area contributed by atoms with E-state index in [-0.39, 0.29) is 11.2 Å². The van der Waals surface area contributed by atoms with E-state index in [1.165, 1.54) is 0 Å². The van der Waals surface area contributed by atoms with Gasteiger partial charge >= 0.3 is 0 Å².